The molecule has 1 saturated carbocycles. The molecule has 3 atom stereocenters. The van der Waals surface area contributed by atoms with Gasteiger partial charge in [-0.1, -0.05) is 0 Å². The highest BCUT2D eigenvalue weighted by Gasteiger charge is 2.44. The van der Waals surface area contributed by atoms with Crippen LogP contribution in [-0.4, -0.2) is 55.1 Å². The third-order valence-electron chi connectivity index (χ3n) is 5.84. The predicted octanol–water partition coefficient (Wildman–Crippen LogP) is 1.89. The first-order valence-corrected chi connectivity index (χ1v) is 8.50. The van der Waals surface area contributed by atoms with E-state index in [1.165, 1.54) is 38.5 Å². The van der Waals surface area contributed by atoms with E-state index in [0.717, 1.165) is 44.1 Å². The lowest BCUT2D eigenvalue weighted by Crippen LogP contribution is -2.49. The quantitative estimate of drug-likeness (QED) is 0.856. The SMILES string of the molecule is CN(CC1COC2(CCCC2)O1)C1CC2CCC(C1)N2. The molecule has 4 nitrogen and oxygen atoms in total. The third kappa shape index (κ3) is 2.52. The molecular weight excluding hydrogens is 252 g/mol. The summed E-state index contributed by atoms with van der Waals surface area (Å²) in [7, 11) is 2.28. The normalized spacial score (nSPS) is 42.9. The number of ether oxygens (including phenoxy) is 2. The second-order valence-corrected chi connectivity index (χ2v) is 7.37. The zero-order valence-electron chi connectivity index (χ0n) is 12.6. The van der Waals surface area contributed by atoms with Gasteiger partial charge in [0, 0.05) is 37.5 Å². The molecule has 114 valence electrons. The Hall–Kier alpha value is -0.160. The zero-order valence-corrected chi connectivity index (χ0v) is 12.6. The largest absolute Gasteiger partial charge is 0.347 e. The van der Waals surface area contributed by atoms with Crippen molar-refractivity contribution < 1.29 is 9.47 Å². The minimum Gasteiger partial charge on any atom is -0.347 e. The number of hydrogen-bond acceptors (Lipinski definition) is 4. The summed E-state index contributed by atoms with van der Waals surface area (Å²) in [5.74, 6) is -0.196. The van der Waals surface area contributed by atoms with Crippen LogP contribution in [-0.2, 0) is 9.47 Å². The highest BCUT2D eigenvalue weighted by molar-refractivity contribution is 4.96. The maximum absolute atomic E-state index is 6.26. The van der Waals surface area contributed by atoms with Gasteiger partial charge in [-0.15, -0.1) is 0 Å². The Morgan fingerprint density at radius 1 is 1.15 bits per heavy atom. The standard InChI is InChI=1S/C16H28N2O2/c1-18(14-8-12-4-5-13(9-14)17-12)10-15-11-19-16(20-15)6-2-3-7-16/h12-15,17H,2-11H2,1H3. The van der Waals surface area contributed by atoms with Crippen LogP contribution >= 0.6 is 0 Å². The lowest BCUT2D eigenvalue weighted by atomic mass is 9.98. The van der Waals surface area contributed by atoms with Gasteiger partial charge in [0.2, 0.25) is 0 Å². The molecule has 0 aromatic heterocycles. The Kier molecular flexibility index (Phi) is 3.53. The van der Waals surface area contributed by atoms with Gasteiger partial charge in [0.05, 0.1) is 12.7 Å². The molecule has 4 aliphatic rings. The molecule has 4 heteroatoms. The fourth-order valence-corrected chi connectivity index (χ4v) is 4.74. The van der Waals surface area contributed by atoms with Crippen molar-refractivity contribution >= 4 is 0 Å². The summed E-state index contributed by atoms with van der Waals surface area (Å²) in [6, 6.07) is 2.27. The van der Waals surface area contributed by atoms with Gasteiger partial charge in [0.25, 0.3) is 0 Å². The molecule has 4 rings (SSSR count). The van der Waals surface area contributed by atoms with E-state index in [-0.39, 0.29) is 11.9 Å². The molecule has 3 unspecified atom stereocenters. The van der Waals surface area contributed by atoms with Gasteiger partial charge in [-0.25, -0.2) is 0 Å². The lowest BCUT2D eigenvalue weighted by molar-refractivity contribution is -0.163. The lowest BCUT2D eigenvalue weighted by Gasteiger charge is -2.36. The average molecular weight is 280 g/mol. The highest BCUT2D eigenvalue weighted by Crippen LogP contribution is 2.39. The number of hydrogen-bond donors (Lipinski definition) is 1. The van der Waals surface area contributed by atoms with E-state index in [1.807, 2.05) is 0 Å². The first-order valence-electron chi connectivity index (χ1n) is 8.50. The van der Waals surface area contributed by atoms with Crippen molar-refractivity contribution in [1.82, 2.24) is 10.2 Å². The van der Waals surface area contributed by atoms with Crippen LogP contribution in [0.25, 0.3) is 0 Å². The molecule has 0 amide bonds. The van der Waals surface area contributed by atoms with Gasteiger partial charge in [0.1, 0.15) is 0 Å². The van der Waals surface area contributed by atoms with E-state index >= 15 is 0 Å². The molecule has 1 N–H and O–H groups in total. The van der Waals surface area contributed by atoms with Crippen LogP contribution < -0.4 is 5.32 Å². The summed E-state index contributed by atoms with van der Waals surface area (Å²) in [4.78, 5) is 2.54. The molecule has 3 saturated heterocycles. The number of piperidine rings is 1. The monoisotopic (exact) mass is 280 g/mol. The Balaban J connectivity index is 1.31. The van der Waals surface area contributed by atoms with Crippen molar-refractivity contribution in [2.24, 2.45) is 0 Å². The number of nitrogens with zero attached hydrogens (tertiary/aromatic N) is 1. The van der Waals surface area contributed by atoms with Crippen molar-refractivity contribution in [2.75, 3.05) is 20.2 Å². The van der Waals surface area contributed by atoms with Crippen LogP contribution in [0.2, 0.25) is 0 Å². The van der Waals surface area contributed by atoms with E-state index in [9.17, 15) is 0 Å². The summed E-state index contributed by atoms with van der Waals surface area (Å²) >= 11 is 0. The fraction of sp³-hybridized carbons (Fsp3) is 1.00. The van der Waals surface area contributed by atoms with Gasteiger partial charge in [-0.05, 0) is 45.6 Å². The Morgan fingerprint density at radius 2 is 1.85 bits per heavy atom. The summed E-state index contributed by atoms with van der Waals surface area (Å²) in [5.41, 5.74) is 0. The summed E-state index contributed by atoms with van der Waals surface area (Å²) in [5, 5.41) is 3.73. The highest BCUT2D eigenvalue weighted by atomic mass is 16.7. The molecule has 20 heavy (non-hydrogen) atoms. The molecule has 0 radical (unpaired) electrons. The summed E-state index contributed by atoms with van der Waals surface area (Å²) in [6.45, 7) is 1.83. The van der Waals surface area contributed by atoms with Crippen molar-refractivity contribution in [1.29, 1.82) is 0 Å². The van der Waals surface area contributed by atoms with Crippen LogP contribution in [0.4, 0.5) is 0 Å². The maximum Gasteiger partial charge on any atom is 0.168 e. The molecule has 1 spiro atoms. The summed E-state index contributed by atoms with van der Waals surface area (Å²) in [6.07, 6.45) is 10.4. The second kappa shape index (κ2) is 5.24. The van der Waals surface area contributed by atoms with Gasteiger partial charge in [-0.2, -0.15) is 0 Å². The van der Waals surface area contributed by atoms with E-state index in [1.54, 1.807) is 0 Å². The minimum atomic E-state index is -0.196. The number of rotatable bonds is 3. The van der Waals surface area contributed by atoms with Gasteiger partial charge in [-0.3, -0.25) is 0 Å². The number of likely N-dealkylation sites (N-methyl/N-ethyl adjacent to an activating group) is 1. The molecule has 2 bridgehead atoms. The average Bonchev–Trinajstić information content (AvgIpc) is 3.14. The molecule has 0 aromatic carbocycles. The van der Waals surface area contributed by atoms with E-state index in [2.05, 4.69) is 17.3 Å². The van der Waals surface area contributed by atoms with Crippen LogP contribution in [0.5, 0.6) is 0 Å². The summed E-state index contributed by atoms with van der Waals surface area (Å²) < 4.78 is 12.3. The van der Waals surface area contributed by atoms with Crippen LogP contribution in [0.3, 0.4) is 0 Å². The molecule has 3 heterocycles. The van der Waals surface area contributed by atoms with Crippen LogP contribution in [0.1, 0.15) is 51.4 Å². The van der Waals surface area contributed by atoms with Crippen molar-refractivity contribution in [3.05, 3.63) is 0 Å². The van der Waals surface area contributed by atoms with Crippen molar-refractivity contribution in [3.63, 3.8) is 0 Å². The fourth-order valence-electron chi connectivity index (χ4n) is 4.74. The Bertz CT molecular complexity index is 344. The van der Waals surface area contributed by atoms with Crippen molar-refractivity contribution in [3.8, 4) is 0 Å². The van der Waals surface area contributed by atoms with Gasteiger partial charge in [0.15, 0.2) is 5.79 Å². The van der Waals surface area contributed by atoms with E-state index < -0.39 is 0 Å². The Labute approximate surface area is 122 Å². The second-order valence-electron chi connectivity index (χ2n) is 7.37. The van der Waals surface area contributed by atoms with Crippen LogP contribution in [0, 0.1) is 0 Å². The van der Waals surface area contributed by atoms with Gasteiger partial charge < -0.3 is 19.7 Å². The zero-order chi connectivity index (χ0) is 13.6. The Morgan fingerprint density at radius 3 is 2.55 bits per heavy atom. The number of nitrogens with one attached hydrogen (secondary N) is 1. The van der Waals surface area contributed by atoms with Crippen LogP contribution in [0.15, 0.2) is 0 Å². The first-order chi connectivity index (χ1) is 9.72. The molecule has 1 aliphatic carbocycles. The molecule has 0 aromatic rings. The minimum absolute atomic E-state index is 0.196. The van der Waals surface area contributed by atoms with E-state index in [4.69, 9.17) is 9.47 Å². The molecule has 3 aliphatic heterocycles. The maximum atomic E-state index is 6.26. The third-order valence-corrected chi connectivity index (χ3v) is 5.84. The van der Waals surface area contributed by atoms with E-state index in [0.29, 0.717) is 0 Å². The number of fused-ring (bicyclic) bond motifs is 2. The molecular formula is C16H28N2O2. The first kappa shape index (κ1) is 13.5. The topological polar surface area (TPSA) is 33.7 Å². The smallest absolute Gasteiger partial charge is 0.168 e. The van der Waals surface area contributed by atoms with Gasteiger partial charge >= 0.3 is 0 Å². The van der Waals surface area contributed by atoms with Crippen molar-refractivity contribution in [2.45, 2.75) is 81.4 Å². The predicted molar refractivity (Wildman–Crippen MR) is 77.6 cm³/mol. The molecule has 4 fully saturated rings.